The van der Waals surface area contributed by atoms with E-state index in [2.05, 4.69) is 39.2 Å². The van der Waals surface area contributed by atoms with Crippen molar-refractivity contribution < 1.29 is 9.22 Å². The van der Waals surface area contributed by atoms with E-state index in [4.69, 9.17) is 4.43 Å². The van der Waals surface area contributed by atoms with Crippen LogP contribution >= 0.6 is 0 Å². The Morgan fingerprint density at radius 3 is 2.59 bits per heavy atom. The Bertz CT molecular complexity index is 335. The summed E-state index contributed by atoms with van der Waals surface area (Å²) in [6, 6.07) is 0. The Morgan fingerprint density at radius 2 is 2.12 bits per heavy atom. The van der Waals surface area contributed by atoms with Gasteiger partial charge >= 0.3 is 0 Å². The Balaban J connectivity index is 1.88. The molecule has 3 nitrogen and oxygen atoms in total. The summed E-state index contributed by atoms with van der Waals surface area (Å²) in [6.07, 6.45) is 2.05. The van der Waals surface area contributed by atoms with Gasteiger partial charge in [0.25, 0.3) is 0 Å². The van der Waals surface area contributed by atoms with Crippen LogP contribution in [0.5, 0.6) is 0 Å². The lowest BCUT2D eigenvalue weighted by Gasteiger charge is -2.36. The van der Waals surface area contributed by atoms with E-state index in [1.54, 1.807) is 0 Å². The van der Waals surface area contributed by atoms with E-state index in [1.165, 1.54) is 0 Å². The first-order chi connectivity index (χ1) is 7.69. The summed E-state index contributed by atoms with van der Waals surface area (Å²) in [5, 5.41) is 3.20. The van der Waals surface area contributed by atoms with Gasteiger partial charge in [-0.1, -0.05) is 20.8 Å². The number of amides is 1. The quantitative estimate of drug-likeness (QED) is 0.787. The molecule has 98 valence electrons. The van der Waals surface area contributed by atoms with E-state index in [9.17, 15) is 4.79 Å². The minimum atomic E-state index is -1.65. The van der Waals surface area contributed by atoms with Gasteiger partial charge in [0, 0.05) is 13.2 Å². The molecule has 0 aromatic heterocycles. The minimum absolute atomic E-state index is 0.0393. The number of carbonyl (C=O) groups is 1. The van der Waals surface area contributed by atoms with Crippen molar-refractivity contribution in [3.8, 4) is 0 Å². The molecule has 1 amide bonds. The normalized spacial score (nSPS) is 33.0. The van der Waals surface area contributed by atoms with Crippen LogP contribution < -0.4 is 5.32 Å². The fourth-order valence-corrected chi connectivity index (χ4v) is 3.45. The molecule has 1 aliphatic carbocycles. The third kappa shape index (κ3) is 2.17. The average Bonchev–Trinajstić information content (AvgIpc) is 2.76. The topological polar surface area (TPSA) is 38.3 Å². The summed E-state index contributed by atoms with van der Waals surface area (Å²) >= 11 is 0. The molecular formula is C13H25NO2Si. The van der Waals surface area contributed by atoms with Crippen molar-refractivity contribution in [2.24, 2.45) is 11.3 Å². The maximum absolute atomic E-state index is 11.7. The van der Waals surface area contributed by atoms with Crippen molar-refractivity contribution in [3.05, 3.63) is 0 Å². The van der Waals surface area contributed by atoms with E-state index in [0.29, 0.717) is 5.92 Å². The fraction of sp³-hybridized carbons (Fsp3) is 0.923. The molecule has 1 saturated carbocycles. The van der Waals surface area contributed by atoms with Crippen molar-refractivity contribution in [2.75, 3.05) is 13.2 Å². The maximum atomic E-state index is 11.7. The van der Waals surface area contributed by atoms with Gasteiger partial charge in [0.1, 0.15) is 0 Å². The summed E-state index contributed by atoms with van der Waals surface area (Å²) in [5.41, 5.74) is -0.0393. The molecule has 2 atom stereocenters. The first kappa shape index (κ1) is 13.1. The Hall–Kier alpha value is -0.353. The highest BCUT2D eigenvalue weighted by Crippen LogP contribution is 2.57. The highest BCUT2D eigenvalue weighted by atomic mass is 28.4. The van der Waals surface area contributed by atoms with Crippen LogP contribution in [0.4, 0.5) is 0 Å². The molecule has 1 spiro atoms. The lowest BCUT2D eigenvalue weighted by Crippen LogP contribution is -2.41. The zero-order valence-corrected chi connectivity index (χ0v) is 12.7. The van der Waals surface area contributed by atoms with Crippen LogP contribution in [-0.4, -0.2) is 27.4 Å². The average molecular weight is 255 g/mol. The molecule has 1 heterocycles. The smallest absolute Gasteiger partial charge is 0.226 e. The molecule has 0 aromatic carbocycles. The standard InChI is InChI=1S/C13H25NO2Si/c1-12(2,3)17(4,5)16-9-10-8-13(10)6-7-14-11(13)15/h10H,6-9H2,1-5H3,(H,14,15)/t10-,13+/m1/s1. The molecule has 4 heteroatoms. The molecule has 1 saturated heterocycles. The second-order valence-electron chi connectivity index (χ2n) is 7.13. The molecule has 0 bridgehead atoms. The second-order valence-corrected chi connectivity index (χ2v) is 11.9. The second kappa shape index (κ2) is 3.82. The number of rotatable bonds is 3. The van der Waals surface area contributed by atoms with Gasteiger partial charge in [0.2, 0.25) is 5.91 Å². The van der Waals surface area contributed by atoms with Crippen LogP contribution in [0, 0.1) is 11.3 Å². The van der Waals surface area contributed by atoms with Gasteiger partial charge in [-0.15, -0.1) is 0 Å². The Morgan fingerprint density at radius 1 is 1.47 bits per heavy atom. The first-order valence-corrected chi connectivity index (χ1v) is 9.52. The van der Waals surface area contributed by atoms with Gasteiger partial charge in [0.15, 0.2) is 8.32 Å². The Kier molecular flexibility index (Phi) is 2.94. The van der Waals surface area contributed by atoms with Crippen LogP contribution in [0.25, 0.3) is 0 Å². The van der Waals surface area contributed by atoms with Crippen LogP contribution in [0.3, 0.4) is 0 Å². The molecule has 17 heavy (non-hydrogen) atoms. The lowest BCUT2D eigenvalue weighted by atomic mass is 10.0. The van der Waals surface area contributed by atoms with Crippen LogP contribution in [0.1, 0.15) is 33.6 Å². The zero-order valence-electron chi connectivity index (χ0n) is 11.7. The van der Waals surface area contributed by atoms with Gasteiger partial charge in [-0.2, -0.15) is 0 Å². The molecule has 0 unspecified atom stereocenters. The van der Waals surface area contributed by atoms with E-state index < -0.39 is 8.32 Å². The summed E-state index contributed by atoms with van der Waals surface area (Å²) in [5.74, 6) is 0.737. The number of nitrogens with one attached hydrogen (secondary N) is 1. The highest BCUT2D eigenvalue weighted by Gasteiger charge is 2.61. The van der Waals surface area contributed by atoms with Crippen molar-refractivity contribution in [2.45, 2.75) is 51.7 Å². The van der Waals surface area contributed by atoms with Gasteiger partial charge in [-0.3, -0.25) is 4.79 Å². The molecule has 1 aliphatic heterocycles. The maximum Gasteiger partial charge on any atom is 0.226 e. The molecule has 1 N–H and O–H groups in total. The van der Waals surface area contributed by atoms with Crippen molar-refractivity contribution in [1.29, 1.82) is 0 Å². The summed E-state index contributed by atoms with van der Waals surface area (Å²) in [7, 11) is -1.65. The minimum Gasteiger partial charge on any atom is -0.417 e. The van der Waals surface area contributed by atoms with Gasteiger partial charge in [-0.25, -0.2) is 0 Å². The number of hydrogen-bond donors (Lipinski definition) is 1. The zero-order chi connectivity index (χ0) is 12.9. The van der Waals surface area contributed by atoms with E-state index >= 15 is 0 Å². The van der Waals surface area contributed by atoms with Crippen LogP contribution in [-0.2, 0) is 9.22 Å². The van der Waals surface area contributed by atoms with Crippen molar-refractivity contribution in [3.63, 3.8) is 0 Å². The third-order valence-corrected chi connectivity index (χ3v) is 9.49. The fourth-order valence-electron chi connectivity index (χ4n) is 2.40. The summed E-state index contributed by atoms with van der Waals surface area (Å²) in [4.78, 5) is 11.7. The van der Waals surface area contributed by atoms with E-state index in [0.717, 1.165) is 26.0 Å². The number of carbonyl (C=O) groups excluding carboxylic acids is 1. The first-order valence-electron chi connectivity index (χ1n) is 6.61. The summed E-state index contributed by atoms with van der Waals surface area (Å²) < 4.78 is 6.21. The van der Waals surface area contributed by atoms with Crippen LogP contribution in [0.2, 0.25) is 18.1 Å². The molecule has 0 radical (unpaired) electrons. The third-order valence-electron chi connectivity index (χ3n) is 4.99. The molecule has 2 rings (SSSR count). The van der Waals surface area contributed by atoms with Crippen LogP contribution in [0.15, 0.2) is 0 Å². The van der Waals surface area contributed by atoms with Gasteiger partial charge in [-0.05, 0) is 36.9 Å². The highest BCUT2D eigenvalue weighted by molar-refractivity contribution is 6.74. The van der Waals surface area contributed by atoms with Crippen molar-refractivity contribution in [1.82, 2.24) is 5.32 Å². The molecule has 2 fully saturated rings. The van der Waals surface area contributed by atoms with E-state index in [1.807, 2.05) is 0 Å². The lowest BCUT2D eigenvalue weighted by molar-refractivity contribution is -0.124. The van der Waals surface area contributed by atoms with Crippen molar-refractivity contribution >= 4 is 14.2 Å². The Labute approximate surface area is 105 Å². The van der Waals surface area contributed by atoms with Gasteiger partial charge < -0.3 is 9.74 Å². The molecule has 0 aromatic rings. The largest absolute Gasteiger partial charge is 0.417 e. The summed E-state index contributed by atoms with van der Waals surface area (Å²) in [6.45, 7) is 12.9. The van der Waals surface area contributed by atoms with Gasteiger partial charge in [0.05, 0.1) is 5.41 Å². The monoisotopic (exact) mass is 255 g/mol. The number of hydrogen-bond acceptors (Lipinski definition) is 2. The predicted molar refractivity (Wildman–Crippen MR) is 71.3 cm³/mol. The van der Waals surface area contributed by atoms with E-state index in [-0.39, 0.29) is 16.4 Å². The molecular weight excluding hydrogens is 230 g/mol. The SMILES string of the molecule is CC(C)(C)[Si](C)(C)OC[C@H]1C[C@@]12CCNC2=O. The molecule has 2 aliphatic rings. The predicted octanol–water partition coefficient (Wildman–Crippen LogP) is 2.53.